The normalized spacial score (nSPS) is 21.7. The first-order chi connectivity index (χ1) is 9.70. The monoisotopic (exact) mass is 277 g/mol. The molecule has 2 atom stereocenters. The van der Waals surface area contributed by atoms with Gasteiger partial charge in [0.25, 0.3) is 5.91 Å². The first-order valence-corrected chi connectivity index (χ1v) is 7.30. The van der Waals surface area contributed by atoms with Gasteiger partial charge in [0.15, 0.2) is 0 Å². The lowest BCUT2D eigenvalue weighted by Crippen LogP contribution is -2.32. The summed E-state index contributed by atoms with van der Waals surface area (Å²) in [6.45, 7) is 6.50. The molecule has 0 spiro atoms. The summed E-state index contributed by atoms with van der Waals surface area (Å²) in [5.41, 5.74) is 0.596. The van der Waals surface area contributed by atoms with E-state index in [9.17, 15) is 4.79 Å². The number of nitrogens with zero attached hydrogens (tertiary/aromatic N) is 1. The largest absolute Gasteiger partial charge is 0.378 e. The van der Waals surface area contributed by atoms with Crippen molar-refractivity contribution in [3.05, 3.63) is 23.9 Å². The van der Waals surface area contributed by atoms with E-state index in [4.69, 9.17) is 4.74 Å². The number of nitrogens with one attached hydrogen (secondary N) is 2. The highest BCUT2D eigenvalue weighted by Crippen LogP contribution is 2.19. The fourth-order valence-corrected chi connectivity index (χ4v) is 2.26. The van der Waals surface area contributed by atoms with Crippen LogP contribution in [0.15, 0.2) is 18.3 Å². The van der Waals surface area contributed by atoms with Crippen molar-refractivity contribution in [1.29, 1.82) is 0 Å². The van der Waals surface area contributed by atoms with Crippen molar-refractivity contribution in [3.63, 3.8) is 0 Å². The molecule has 1 amide bonds. The van der Waals surface area contributed by atoms with Crippen molar-refractivity contribution in [2.24, 2.45) is 5.92 Å². The van der Waals surface area contributed by atoms with Crippen molar-refractivity contribution in [1.82, 2.24) is 10.3 Å². The maximum atomic E-state index is 12.0. The third kappa shape index (κ3) is 3.93. The Balaban J connectivity index is 1.82. The Morgan fingerprint density at radius 3 is 2.95 bits per heavy atom. The number of carbonyl (C=O) groups excluding carboxylic acids is 1. The molecule has 0 saturated carbocycles. The van der Waals surface area contributed by atoms with Gasteiger partial charge < -0.3 is 15.4 Å². The molecule has 2 unspecified atom stereocenters. The lowest BCUT2D eigenvalue weighted by molar-refractivity contribution is 0.0907. The van der Waals surface area contributed by atoms with Crippen molar-refractivity contribution in [2.45, 2.75) is 32.8 Å². The third-order valence-electron chi connectivity index (χ3n) is 3.64. The van der Waals surface area contributed by atoms with Crippen LogP contribution in [0.5, 0.6) is 0 Å². The number of pyridine rings is 1. The number of ether oxygens (including phenoxy) is 1. The molecule has 0 radical (unpaired) electrons. The summed E-state index contributed by atoms with van der Waals surface area (Å²) in [6.07, 6.45) is 3.90. The fraction of sp³-hybridized carbons (Fsp3) is 0.600. The smallest absolute Gasteiger partial charge is 0.252 e. The Morgan fingerprint density at radius 2 is 2.35 bits per heavy atom. The van der Waals surface area contributed by atoms with E-state index in [0.29, 0.717) is 18.0 Å². The molecule has 1 aliphatic heterocycles. The van der Waals surface area contributed by atoms with E-state index in [2.05, 4.69) is 29.5 Å². The van der Waals surface area contributed by atoms with Gasteiger partial charge in [-0.25, -0.2) is 4.98 Å². The lowest BCUT2D eigenvalue weighted by Gasteiger charge is -2.14. The number of anilines is 1. The predicted octanol–water partition coefficient (Wildman–Crippen LogP) is 2.06. The zero-order valence-electron chi connectivity index (χ0n) is 12.2. The van der Waals surface area contributed by atoms with Crippen molar-refractivity contribution in [2.75, 3.05) is 25.0 Å². The second-order valence-corrected chi connectivity index (χ2v) is 5.19. The van der Waals surface area contributed by atoms with E-state index < -0.39 is 0 Å². The van der Waals surface area contributed by atoms with E-state index in [1.807, 2.05) is 6.07 Å². The number of hydrogen-bond acceptors (Lipinski definition) is 4. The molecule has 0 bridgehead atoms. The molecular formula is C15H23N3O2. The highest BCUT2D eigenvalue weighted by atomic mass is 16.5. The summed E-state index contributed by atoms with van der Waals surface area (Å²) in [5, 5.41) is 6.14. The average molecular weight is 277 g/mol. The summed E-state index contributed by atoms with van der Waals surface area (Å²) in [6, 6.07) is 3.64. The highest BCUT2D eigenvalue weighted by Gasteiger charge is 2.24. The molecule has 1 aromatic heterocycles. The van der Waals surface area contributed by atoms with Gasteiger partial charge in [-0.05, 0) is 31.9 Å². The molecule has 0 aliphatic carbocycles. The predicted molar refractivity (Wildman–Crippen MR) is 78.9 cm³/mol. The molecule has 2 heterocycles. The van der Waals surface area contributed by atoms with Crippen LogP contribution in [-0.2, 0) is 4.74 Å². The number of hydrogen-bond donors (Lipinski definition) is 2. The molecule has 5 heteroatoms. The first-order valence-electron chi connectivity index (χ1n) is 7.30. The lowest BCUT2D eigenvalue weighted by atomic mass is 10.0. The van der Waals surface area contributed by atoms with Crippen molar-refractivity contribution < 1.29 is 9.53 Å². The van der Waals surface area contributed by atoms with E-state index in [-0.39, 0.29) is 12.0 Å². The van der Waals surface area contributed by atoms with Crippen molar-refractivity contribution in [3.8, 4) is 0 Å². The van der Waals surface area contributed by atoms with E-state index in [0.717, 1.165) is 31.8 Å². The molecule has 20 heavy (non-hydrogen) atoms. The SMILES string of the molecule is CCCNc1ccc(C(=O)NCC2CCOC2C)cn1. The molecule has 1 fully saturated rings. The van der Waals surface area contributed by atoms with Gasteiger partial charge in [-0.3, -0.25) is 4.79 Å². The van der Waals surface area contributed by atoms with E-state index in [1.54, 1.807) is 12.3 Å². The molecule has 1 aromatic rings. The summed E-state index contributed by atoms with van der Waals surface area (Å²) < 4.78 is 5.48. The molecule has 110 valence electrons. The first kappa shape index (κ1) is 14.8. The van der Waals surface area contributed by atoms with Crippen LogP contribution in [0.1, 0.15) is 37.0 Å². The Bertz CT molecular complexity index is 433. The molecular weight excluding hydrogens is 254 g/mol. The van der Waals surface area contributed by atoms with Gasteiger partial charge in [-0.1, -0.05) is 6.92 Å². The fourth-order valence-electron chi connectivity index (χ4n) is 2.26. The summed E-state index contributed by atoms with van der Waals surface area (Å²) >= 11 is 0. The summed E-state index contributed by atoms with van der Waals surface area (Å²) in [7, 11) is 0. The van der Waals surface area contributed by atoms with E-state index >= 15 is 0 Å². The van der Waals surface area contributed by atoms with Gasteiger partial charge in [-0.15, -0.1) is 0 Å². The second kappa shape index (κ2) is 7.24. The molecule has 2 N–H and O–H groups in total. The van der Waals surface area contributed by atoms with E-state index in [1.165, 1.54) is 0 Å². The second-order valence-electron chi connectivity index (χ2n) is 5.19. The number of amides is 1. The summed E-state index contributed by atoms with van der Waals surface area (Å²) in [5.74, 6) is 1.15. The average Bonchev–Trinajstić information content (AvgIpc) is 2.88. The zero-order chi connectivity index (χ0) is 14.4. The van der Waals surface area contributed by atoms with Crippen LogP contribution in [0, 0.1) is 5.92 Å². The Morgan fingerprint density at radius 1 is 1.50 bits per heavy atom. The van der Waals surface area contributed by atoms with Crippen LogP contribution in [0.25, 0.3) is 0 Å². The molecule has 1 aliphatic rings. The molecule has 1 saturated heterocycles. The minimum Gasteiger partial charge on any atom is -0.378 e. The van der Waals surface area contributed by atoms with Crippen LogP contribution in [-0.4, -0.2) is 36.7 Å². The molecule has 5 nitrogen and oxygen atoms in total. The maximum absolute atomic E-state index is 12.0. The maximum Gasteiger partial charge on any atom is 0.252 e. The zero-order valence-corrected chi connectivity index (χ0v) is 12.2. The van der Waals surface area contributed by atoms with Gasteiger partial charge in [0, 0.05) is 31.8 Å². The van der Waals surface area contributed by atoms with Crippen LogP contribution in [0.3, 0.4) is 0 Å². The number of aromatic nitrogens is 1. The summed E-state index contributed by atoms with van der Waals surface area (Å²) in [4.78, 5) is 16.3. The van der Waals surface area contributed by atoms with Crippen LogP contribution < -0.4 is 10.6 Å². The number of rotatable bonds is 6. The molecule has 2 rings (SSSR count). The topological polar surface area (TPSA) is 63.2 Å². The minimum atomic E-state index is -0.0707. The van der Waals surface area contributed by atoms with Crippen LogP contribution in [0.2, 0.25) is 0 Å². The van der Waals surface area contributed by atoms with Crippen molar-refractivity contribution >= 4 is 11.7 Å². The van der Waals surface area contributed by atoms with Gasteiger partial charge >= 0.3 is 0 Å². The Kier molecular flexibility index (Phi) is 5.35. The van der Waals surface area contributed by atoms with Crippen LogP contribution >= 0.6 is 0 Å². The Labute approximate surface area is 120 Å². The Hall–Kier alpha value is -1.62. The van der Waals surface area contributed by atoms with Crippen LogP contribution in [0.4, 0.5) is 5.82 Å². The quantitative estimate of drug-likeness (QED) is 0.835. The van der Waals surface area contributed by atoms with Gasteiger partial charge in [0.1, 0.15) is 5.82 Å². The third-order valence-corrected chi connectivity index (χ3v) is 3.64. The van der Waals surface area contributed by atoms with Gasteiger partial charge in [0.05, 0.1) is 11.7 Å². The molecule has 0 aromatic carbocycles. The van der Waals surface area contributed by atoms with Gasteiger partial charge in [-0.2, -0.15) is 0 Å². The van der Waals surface area contributed by atoms with Gasteiger partial charge in [0.2, 0.25) is 0 Å². The minimum absolute atomic E-state index is 0.0707. The standard InChI is InChI=1S/C15H23N3O2/c1-3-7-16-14-5-4-13(10-17-14)15(19)18-9-12-6-8-20-11(12)2/h4-5,10-12H,3,6-9H2,1-2H3,(H,16,17)(H,18,19). The highest BCUT2D eigenvalue weighted by molar-refractivity contribution is 5.94. The number of carbonyl (C=O) groups is 1.